The predicted octanol–water partition coefficient (Wildman–Crippen LogP) is 2.24. The van der Waals surface area contributed by atoms with Gasteiger partial charge in [0, 0.05) is 12.4 Å². The molecule has 0 saturated carbocycles. The molecule has 1 aromatic heterocycles. The molecule has 1 N–H and O–H groups in total. The summed E-state index contributed by atoms with van der Waals surface area (Å²) in [5, 5.41) is 4.25. The van der Waals surface area contributed by atoms with Gasteiger partial charge in [-0.05, 0) is 12.1 Å². The first-order chi connectivity index (χ1) is 5.29. The van der Waals surface area contributed by atoms with Gasteiger partial charge in [0.2, 0.25) is 0 Å². The Morgan fingerprint density at radius 3 is 2.82 bits per heavy atom. The summed E-state index contributed by atoms with van der Waals surface area (Å²) in [5.74, 6) is 0. The van der Waals surface area contributed by atoms with Crippen LogP contribution < -0.4 is 0 Å². The Kier molecular flexibility index (Phi) is 1.32. The third-order valence-electron chi connectivity index (χ3n) is 1.75. The number of aryl methyl sites for hydroxylation is 1. The van der Waals surface area contributed by atoms with Crippen molar-refractivity contribution in [3.63, 3.8) is 0 Å². The summed E-state index contributed by atoms with van der Waals surface area (Å²) in [5.41, 5.74) is 1.10. The third kappa shape index (κ3) is 0.886. The molecule has 0 fully saturated rings. The van der Waals surface area contributed by atoms with Crippen LogP contribution in [0.3, 0.4) is 0 Å². The van der Waals surface area contributed by atoms with E-state index >= 15 is 0 Å². The Morgan fingerprint density at radius 2 is 2.09 bits per heavy atom. The molecule has 56 valence electrons. The number of nitrogens with one attached hydrogen (secondary N) is 1. The zero-order valence-electron chi connectivity index (χ0n) is 6.16. The number of benzene rings is 1. The van der Waals surface area contributed by atoms with Crippen molar-refractivity contribution >= 4 is 23.1 Å². The summed E-state index contributed by atoms with van der Waals surface area (Å²) < 4.78 is 2.71. The van der Waals surface area contributed by atoms with E-state index in [2.05, 4.69) is 5.10 Å². The molecule has 0 amide bonds. The Balaban J connectivity index is 3.04. The van der Waals surface area contributed by atoms with Crippen LogP contribution in [-0.4, -0.2) is 9.78 Å². The highest BCUT2D eigenvalue weighted by molar-refractivity contribution is 7.71. The molecule has 2 aromatic rings. The third-order valence-corrected chi connectivity index (χ3v) is 2.24. The van der Waals surface area contributed by atoms with E-state index in [0.29, 0.717) is 0 Å². The number of nitrogens with zero attached hydrogens (tertiary/aromatic N) is 1. The Hall–Kier alpha value is -1.09. The van der Waals surface area contributed by atoms with Crippen LogP contribution in [-0.2, 0) is 7.05 Å². The van der Waals surface area contributed by atoms with Crippen molar-refractivity contribution in [3.8, 4) is 0 Å². The minimum atomic E-state index is 0.862. The quantitative estimate of drug-likeness (QED) is 0.592. The van der Waals surface area contributed by atoms with Crippen LogP contribution in [0.15, 0.2) is 24.3 Å². The lowest BCUT2D eigenvalue weighted by molar-refractivity contribution is 0.769. The summed E-state index contributed by atoms with van der Waals surface area (Å²) >= 11 is 5.16. The molecule has 1 aromatic carbocycles. The SMILES string of the molecule is Cn1[nH]c2ccccc2c1=S. The average molecular weight is 164 g/mol. The van der Waals surface area contributed by atoms with Gasteiger partial charge in [-0.15, -0.1) is 0 Å². The van der Waals surface area contributed by atoms with E-state index in [9.17, 15) is 0 Å². The monoisotopic (exact) mass is 164 g/mol. The van der Waals surface area contributed by atoms with E-state index in [1.807, 2.05) is 36.0 Å². The molecular formula is C8H8N2S. The van der Waals surface area contributed by atoms with Crippen molar-refractivity contribution in [1.82, 2.24) is 9.78 Å². The molecule has 0 atom stereocenters. The van der Waals surface area contributed by atoms with Crippen LogP contribution in [0.1, 0.15) is 0 Å². The van der Waals surface area contributed by atoms with Gasteiger partial charge in [0.25, 0.3) is 0 Å². The largest absolute Gasteiger partial charge is 0.297 e. The maximum Gasteiger partial charge on any atom is 0.129 e. The van der Waals surface area contributed by atoms with Crippen molar-refractivity contribution in [2.45, 2.75) is 0 Å². The molecule has 11 heavy (non-hydrogen) atoms. The summed E-state index contributed by atoms with van der Waals surface area (Å²) in [7, 11) is 1.92. The maximum absolute atomic E-state index is 5.16. The molecule has 1 heterocycles. The van der Waals surface area contributed by atoms with Gasteiger partial charge in [0.05, 0.1) is 5.52 Å². The summed E-state index contributed by atoms with van der Waals surface area (Å²) in [6, 6.07) is 8.03. The fraction of sp³-hybridized carbons (Fsp3) is 0.125. The van der Waals surface area contributed by atoms with Crippen molar-refractivity contribution in [2.75, 3.05) is 0 Å². The van der Waals surface area contributed by atoms with Crippen molar-refractivity contribution < 1.29 is 0 Å². The van der Waals surface area contributed by atoms with Crippen LogP contribution in [0.5, 0.6) is 0 Å². The van der Waals surface area contributed by atoms with Gasteiger partial charge >= 0.3 is 0 Å². The van der Waals surface area contributed by atoms with Gasteiger partial charge in [0.15, 0.2) is 0 Å². The molecule has 3 heteroatoms. The normalized spacial score (nSPS) is 10.6. The number of aromatic amines is 1. The molecule has 2 rings (SSSR count). The van der Waals surface area contributed by atoms with E-state index in [0.717, 1.165) is 15.5 Å². The van der Waals surface area contributed by atoms with Gasteiger partial charge in [-0.1, -0.05) is 24.4 Å². The second-order valence-corrected chi connectivity index (χ2v) is 2.91. The lowest BCUT2D eigenvalue weighted by Crippen LogP contribution is -1.87. The molecule has 0 aliphatic heterocycles. The molecule has 0 aliphatic carbocycles. The minimum Gasteiger partial charge on any atom is -0.297 e. The first-order valence-electron chi connectivity index (χ1n) is 3.43. The number of para-hydroxylation sites is 1. The zero-order chi connectivity index (χ0) is 7.84. The zero-order valence-corrected chi connectivity index (χ0v) is 6.98. The molecule has 0 radical (unpaired) electrons. The number of hydrogen-bond donors (Lipinski definition) is 1. The highest BCUT2D eigenvalue weighted by Gasteiger charge is 1.96. The summed E-state index contributed by atoms with van der Waals surface area (Å²) in [6.07, 6.45) is 0. The van der Waals surface area contributed by atoms with Crippen LogP contribution in [0.2, 0.25) is 0 Å². The van der Waals surface area contributed by atoms with E-state index in [1.54, 1.807) is 0 Å². The molecule has 0 aliphatic rings. The van der Waals surface area contributed by atoms with Gasteiger partial charge < -0.3 is 0 Å². The van der Waals surface area contributed by atoms with Crippen LogP contribution >= 0.6 is 12.2 Å². The number of hydrogen-bond acceptors (Lipinski definition) is 1. The number of rotatable bonds is 0. The van der Waals surface area contributed by atoms with E-state index in [-0.39, 0.29) is 0 Å². The smallest absolute Gasteiger partial charge is 0.129 e. The molecular weight excluding hydrogens is 156 g/mol. The van der Waals surface area contributed by atoms with Crippen LogP contribution in [0, 0.1) is 4.64 Å². The Bertz CT molecular complexity index is 439. The highest BCUT2D eigenvalue weighted by Crippen LogP contribution is 2.12. The fourth-order valence-corrected chi connectivity index (χ4v) is 1.40. The Labute approximate surface area is 69.4 Å². The highest BCUT2D eigenvalue weighted by atomic mass is 32.1. The second-order valence-electron chi connectivity index (χ2n) is 2.52. The van der Waals surface area contributed by atoms with Gasteiger partial charge in [-0.2, -0.15) is 0 Å². The standard InChI is InChI=1S/C8H8N2S/c1-10-8(11)6-4-2-3-5-7(6)9-10/h2-5,9H,1H3. The number of fused-ring (bicyclic) bond motifs is 1. The van der Waals surface area contributed by atoms with Crippen molar-refractivity contribution in [3.05, 3.63) is 28.9 Å². The topological polar surface area (TPSA) is 20.7 Å². The predicted molar refractivity (Wildman–Crippen MR) is 48.1 cm³/mol. The molecule has 0 spiro atoms. The average Bonchev–Trinajstić information content (AvgIpc) is 2.30. The van der Waals surface area contributed by atoms with E-state index < -0.39 is 0 Å². The van der Waals surface area contributed by atoms with Crippen LogP contribution in [0.25, 0.3) is 10.9 Å². The minimum absolute atomic E-state index is 0.862. The number of aromatic nitrogens is 2. The van der Waals surface area contributed by atoms with Gasteiger partial charge in [-0.25, -0.2) is 0 Å². The van der Waals surface area contributed by atoms with Gasteiger partial charge in [0.1, 0.15) is 4.64 Å². The summed E-state index contributed by atoms with van der Waals surface area (Å²) in [4.78, 5) is 0. The van der Waals surface area contributed by atoms with Crippen molar-refractivity contribution in [2.24, 2.45) is 7.05 Å². The first kappa shape index (κ1) is 6.61. The second kappa shape index (κ2) is 2.20. The maximum atomic E-state index is 5.16. The molecule has 2 nitrogen and oxygen atoms in total. The van der Waals surface area contributed by atoms with Crippen molar-refractivity contribution in [1.29, 1.82) is 0 Å². The number of H-pyrrole nitrogens is 1. The molecule has 0 bridgehead atoms. The lowest BCUT2D eigenvalue weighted by atomic mass is 10.3. The first-order valence-corrected chi connectivity index (χ1v) is 3.83. The molecule has 0 unspecified atom stereocenters. The van der Waals surface area contributed by atoms with Crippen LogP contribution in [0.4, 0.5) is 0 Å². The van der Waals surface area contributed by atoms with E-state index in [4.69, 9.17) is 12.2 Å². The fourth-order valence-electron chi connectivity index (χ4n) is 1.18. The lowest BCUT2D eigenvalue weighted by Gasteiger charge is -1.84. The molecule has 0 saturated heterocycles. The summed E-state index contributed by atoms with van der Waals surface area (Å²) in [6.45, 7) is 0. The van der Waals surface area contributed by atoms with Gasteiger partial charge in [-0.3, -0.25) is 9.78 Å². The Morgan fingerprint density at radius 1 is 1.36 bits per heavy atom. The van der Waals surface area contributed by atoms with E-state index in [1.165, 1.54) is 0 Å².